The van der Waals surface area contributed by atoms with Crippen molar-refractivity contribution in [2.24, 2.45) is 21.5 Å². The zero-order valence-electron chi connectivity index (χ0n) is 21.5. The third-order valence-electron chi connectivity index (χ3n) is 5.03. The van der Waals surface area contributed by atoms with Crippen LogP contribution < -0.4 is 16.2 Å². The summed E-state index contributed by atoms with van der Waals surface area (Å²) in [6.45, 7) is 15.7. The van der Waals surface area contributed by atoms with Gasteiger partial charge in [-0.1, -0.05) is 29.6 Å². The normalized spacial score (nSPS) is 13.8. The van der Waals surface area contributed by atoms with Crippen LogP contribution in [0.4, 0.5) is 0 Å². The molecule has 0 saturated heterocycles. The molecule has 0 aliphatic carbocycles. The van der Waals surface area contributed by atoms with Gasteiger partial charge in [-0.15, -0.1) is 0 Å². The number of halogens is 1. The van der Waals surface area contributed by atoms with Crippen LogP contribution in [0.1, 0.15) is 44.9 Å². The molecule has 1 heterocycles. The van der Waals surface area contributed by atoms with E-state index in [0.29, 0.717) is 45.5 Å². The number of nitrogens with zero attached hydrogens (tertiary/aromatic N) is 4. The number of ether oxygens (including phenoxy) is 1. The average molecular weight is 543 g/mol. The number of rotatable bonds is 10. The molecule has 0 amide bonds. The lowest BCUT2D eigenvalue weighted by molar-refractivity contribution is 0.336. The summed E-state index contributed by atoms with van der Waals surface area (Å²) < 4.78 is 6.13. The Balaban J connectivity index is 2.78. The van der Waals surface area contributed by atoms with E-state index in [1.807, 2.05) is 33.0 Å². The molecule has 1 aromatic heterocycles. The van der Waals surface area contributed by atoms with Crippen molar-refractivity contribution in [1.29, 1.82) is 5.26 Å². The third-order valence-corrected chi connectivity index (χ3v) is 7.86. The number of nitrogens with two attached hydrogens (primary N) is 2. The van der Waals surface area contributed by atoms with Crippen molar-refractivity contribution in [3.8, 4) is 22.9 Å². The van der Waals surface area contributed by atoms with Crippen LogP contribution in [0.5, 0.6) is 5.75 Å². The first kappa shape index (κ1) is 29.4. The Bertz CT molecular complexity index is 1260. The number of aromatic nitrogens is 1. The van der Waals surface area contributed by atoms with E-state index in [-0.39, 0.29) is 13.0 Å². The molecule has 0 aliphatic rings. The molecule has 0 radical (unpaired) electrons. The summed E-state index contributed by atoms with van der Waals surface area (Å²) >= 11 is 8.39. The number of pyridine rings is 1. The van der Waals surface area contributed by atoms with Gasteiger partial charge >= 0.3 is 0 Å². The summed E-state index contributed by atoms with van der Waals surface area (Å²) in [4.78, 5) is 14.4. The molecule has 1 aromatic carbocycles. The minimum absolute atomic E-state index is 0.231. The maximum absolute atomic E-state index is 9.99. The highest BCUT2D eigenvalue weighted by molar-refractivity contribution is 8.55. The predicted molar refractivity (Wildman–Crippen MR) is 155 cm³/mol. The predicted octanol–water partition coefficient (Wildman–Crippen LogP) is 6.68. The minimum atomic E-state index is -0.397. The fourth-order valence-corrected chi connectivity index (χ4v) is 6.25. The zero-order valence-corrected chi connectivity index (χ0v) is 23.9. The van der Waals surface area contributed by atoms with Gasteiger partial charge in [0.25, 0.3) is 0 Å². The Morgan fingerprint density at radius 2 is 2.03 bits per heavy atom. The lowest BCUT2D eigenvalue weighted by Gasteiger charge is -2.21. The maximum Gasteiger partial charge on any atom is 0.134 e. The lowest BCUT2D eigenvalue weighted by Crippen LogP contribution is -2.23. The number of benzene rings is 1. The Morgan fingerprint density at radius 1 is 1.33 bits per heavy atom. The first-order valence-electron chi connectivity index (χ1n) is 11.2. The molecule has 2 aromatic rings. The van der Waals surface area contributed by atoms with Crippen LogP contribution in [-0.4, -0.2) is 36.5 Å². The van der Waals surface area contributed by atoms with Crippen LogP contribution in [0.15, 0.2) is 63.5 Å². The number of nitriles is 1. The van der Waals surface area contributed by atoms with Crippen molar-refractivity contribution >= 4 is 41.7 Å². The van der Waals surface area contributed by atoms with Crippen LogP contribution >= 0.6 is 30.1 Å². The Kier molecular flexibility index (Phi) is 11.0. The quantitative estimate of drug-likeness (QED) is 0.196. The van der Waals surface area contributed by atoms with Gasteiger partial charge in [0.05, 0.1) is 28.8 Å². The summed E-state index contributed by atoms with van der Waals surface area (Å²) in [5.74, 6) is 0.777. The van der Waals surface area contributed by atoms with E-state index in [2.05, 4.69) is 36.0 Å². The highest BCUT2D eigenvalue weighted by atomic mass is 35.5. The van der Waals surface area contributed by atoms with Crippen LogP contribution in [0.25, 0.3) is 11.1 Å². The van der Waals surface area contributed by atoms with Gasteiger partial charge in [-0.05, 0) is 60.3 Å². The van der Waals surface area contributed by atoms with Crippen molar-refractivity contribution in [2.75, 3.05) is 19.9 Å². The van der Waals surface area contributed by atoms with E-state index in [0.717, 1.165) is 16.0 Å². The molecule has 0 bridgehead atoms. The lowest BCUT2D eigenvalue weighted by atomic mass is 9.94. The van der Waals surface area contributed by atoms with Gasteiger partial charge in [-0.3, -0.25) is 9.98 Å². The molecule has 7 nitrogen and oxygen atoms in total. The first-order chi connectivity index (χ1) is 17.0. The summed E-state index contributed by atoms with van der Waals surface area (Å²) in [7, 11) is -0.241. The fourth-order valence-electron chi connectivity index (χ4n) is 3.72. The second kappa shape index (κ2) is 13.5. The van der Waals surface area contributed by atoms with Crippen molar-refractivity contribution in [1.82, 2.24) is 4.98 Å². The van der Waals surface area contributed by atoms with E-state index in [4.69, 9.17) is 32.8 Å². The molecule has 1 atom stereocenters. The van der Waals surface area contributed by atoms with Crippen molar-refractivity contribution in [2.45, 2.75) is 38.6 Å². The van der Waals surface area contributed by atoms with Gasteiger partial charge in [-0.2, -0.15) is 5.26 Å². The monoisotopic (exact) mass is 542 g/mol. The number of hydrogen-bond acceptors (Lipinski definition) is 7. The number of hydrogen-bond donors (Lipinski definition) is 2. The van der Waals surface area contributed by atoms with Crippen LogP contribution in [-0.2, 0) is 0 Å². The molecule has 10 heteroatoms. The number of amidine groups is 1. The molecule has 0 fully saturated rings. The maximum atomic E-state index is 9.99. The summed E-state index contributed by atoms with van der Waals surface area (Å²) in [6.07, 6.45) is 4.90. The van der Waals surface area contributed by atoms with E-state index < -0.39 is 6.04 Å². The second-order valence-corrected chi connectivity index (χ2v) is 13.5. The van der Waals surface area contributed by atoms with Gasteiger partial charge in [-0.25, -0.2) is 4.99 Å². The highest BCUT2D eigenvalue weighted by Crippen LogP contribution is 2.49. The van der Waals surface area contributed by atoms with Crippen LogP contribution in [0.2, 0.25) is 5.02 Å². The number of aliphatic imine (C=N–C) groups is 2. The van der Waals surface area contributed by atoms with Crippen molar-refractivity contribution < 1.29 is 4.74 Å². The average Bonchev–Trinajstić information content (AvgIpc) is 2.79. The first-order valence-corrected chi connectivity index (χ1v) is 15.2. The molecule has 0 aliphatic heterocycles. The standard InChI is InChI=1S/C26H32ClN6OPS/c1-8-32-26(30)23(15(3)29)17(5)33-16(4)20-11-22(27)21(12-28)24(25(20)34-9-2)18-10-19(14-31-13-18)36-35(6)7/h8,10-11,13-14,16H,1,9,29H2,2-7H3,(H2,30,32). The van der Waals surface area contributed by atoms with Gasteiger partial charge in [0.2, 0.25) is 0 Å². The summed E-state index contributed by atoms with van der Waals surface area (Å²) in [5, 5.41) is 10.3. The Hall–Kier alpha value is -2.85. The largest absolute Gasteiger partial charge is 0.493 e. The van der Waals surface area contributed by atoms with Gasteiger partial charge < -0.3 is 16.2 Å². The van der Waals surface area contributed by atoms with Crippen molar-refractivity contribution in [3.63, 3.8) is 0 Å². The molecule has 4 N–H and O–H groups in total. The van der Waals surface area contributed by atoms with Gasteiger partial charge in [0.1, 0.15) is 17.7 Å². The number of allylic oxidation sites excluding steroid dienone is 1. The zero-order chi connectivity index (χ0) is 27.0. The molecule has 0 spiro atoms. The van der Waals surface area contributed by atoms with E-state index in [1.54, 1.807) is 30.6 Å². The Labute approximate surface area is 223 Å². The highest BCUT2D eigenvalue weighted by Gasteiger charge is 2.24. The second-order valence-electron chi connectivity index (χ2n) is 8.03. The molecule has 1 unspecified atom stereocenters. The fraction of sp³-hybridized carbons (Fsp3) is 0.308. The van der Waals surface area contributed by atoms with Gasteiger partial charge in [0.15, 0.2) is 0 Å². The van der Waals surface area contributed by atoms with Crippen LogP contribution in [0.3, 0.4) is 0 Å². The topological polar surface area (TPSA) is 123 Å². The van der Waals surface area contributed by atoms with E-state index >= 15 is 0 Å². The molecule has 0 saturated carbocycles. The summed E-state index contributed by atoms with van der Waals surface area (Å²) in [5.41, 5.74) is 16.3. The van der Waals surface area contributed by atoms with E-state index in [1.165, 1.54) is 6.20 Å². The minimum Gasteiger partial charge on any atom is -0.493 e. The molecule has 2 rings (SSSR count). The van der Waals surface area contributed by atoms with Crippen LogP contribution in [0, 0.1) is 11.3 Å². The van der Waals surface area contributed by atoms with Crippen molar-refractivity contribution in [3.05, 3.63) is 64.7 Å². The smallest absolute Gasteiger partial charge is 0.134 e. The third kappa shape index (κ3) is 7.10. The van der Waals surface area contributed by atoms with Gasteiger partial charge in [0, 0.05) is 51.6 Å². The SMILES string of the molecule is C=CN=C(N)C(C(C)=NC(C)c1cc(Cl)c(C#N)c(-c2cncc(SP(C)C)c2)c1OCC)=C(C)N. The summed E-state index contributed by atoms with van der Waals surface area (Å²) in [6, 6.07) is 5.60. The Morgan fingerprint density at radius 3 is 2.58 bits per heavy atom. The molecule has 190 valence electrons. The molecular formula is C26H32ClN6OPS. The molecular weight excluding hydrogens is 511 g/mol. The molecule has 36 heavy (non-hydrogen) atoms. The van der Waals surface area contributed by atoms with E-state index in [9.17, 15) is 5.26 Å².